The fourth-order valence-electron chi connectivity index (χ4n) is 1.29. The van der Waals surface area contributed by atoms with Crippen molar-refractivity contribution < 1.29 is 4.74 Å². The molecular formula is C13H7BrClNO. The van der Waals surface area contributed by atoms with E-state index in [-0.39, 0.29) is 0 Å². The first-order valence-electron chi connectivity index (χ1n) is 4.82. The van der Waals surface area contributed by atoms with E-state index < -0.39 is 0 Å². The van der Waals surface area contributed by atoms with Crippen LogP contribution < -0.4 is 4.74 Å². The van der Waals surface area contributed by atoms with E-state index >= 15 is 0 Å². The van der Waals surface area contributed by atoms with Crippen LogP contribution in [0.15, 0.2) is 46.9 Å². The number of nitrogens with zero attached hydrogens (tertiary/aromatic N) is 1. The van der Waals surface area contributed by atoms with Crippen molar-refractivity contribution in [1.82, 2.24) is 0 Å². The normalized spacial score (nSPS) is 9.71. The lowest BCUT2D eigenvalue weighted by molar-refractivity contribution is 0.482. The summed E-state index contributed by atoms with van der Waals surface area (Å²) in [7, 11) is 0. The lowest BCUT2D eigenvalue weighted by Crippen LogP contribution is -1.85. The molecule has 17 heavy (non-hydrogen) atoms. The summed E-state index contributed by atoms with van der Waals surface area (Å²) in [6.45, 7) is 0. The van der Waals surface area contributed by atoms with Gasteiger partial charge in [-0.2, -0.15) is 5.26 Å². The molecule has 2 aromatic rings. The molecular weight excluding hydrogens is 302 g/mol. The molecule has 0 N–H and O–H groups in total. The van der Waals surface area contributed by atoms with Crippen LogP contribution in [0.25, 0.3) is 0 Å². The molecule has 0 radical (unpaired) electrons. The number of nitriles is 1. The number of benzene rings is 2. The van der Waals surface area contributed by atoms with E-state index in [0.717, 1.165) is 4.47 Å². The van der Waals surface area contributed by atoms with Crippen molar-refractivity contribution in [2.75, 3.05) is 0 Å². The van der Waals surface area contributed by atoms with Gasteiger partial charge < -0.3 is 4.74 Å². The molecule has 0 spiro atoms. The predicted molar refractivity (Wildman–Crippen MR) is 70.4 cm³/mol. The molecule has 0 aliphatic heterocycles. The maximum atomic E-state index is 8.89. The standard InChI is InChI=1S/C13H7BrClNO/c14-13-6-5-12(7-9(13)8-16)17-11-3-1-10(15)2-4-11/h1-7H. The molecule has 84 valence electrons. The number of hydrogen-bond acceptors (Lipinski definition) is 2. The van der Waals surface area contributed by atoms with Gasteiger partial charge in [0.1, 0.15) is 17.6 Å². The maximum Gasteiger partial charge on any atom is 0.128 e. The first-order valence-corrected chi connectivity index (χ1v) is 5.99. The lowest BCUT2D eigenvalue weighted by atomic mass is 10.2. The molecule has 2 nitrogen and oxygen atoms in total. The Kier molecular flexibility index (Phi) is 3.68. The first-order chi connectivity index (χ1) is 8.19. The lowest BCUT2D eigenvalue weighted by Gasteiger charge is -2.06. The highest BCUT2D eigenvalue weighted by Crippen LogP contribution is 2.26. The van der Waals surface area contributed by atoms with Gasteiger partial charge in [0.05, 0.1) is 5.56 Å². The number of hydrogen-bond donors (Lipinski definition) is 0. The molecule has 0 saturated heterocycles. The molecule has 0 bridgehead atoms. The van der Waals surface area contributed by atoms with Crippen molar-refractivity contribution in [1.29, 1.82) is 5.26 Å². The van der Waals surface area contributed by atoms with Gasteiger partial charge in [-0.15, -0.1) is 0 Å². The van der Waals surface area contributed by atoms with E-state index in [1.807, 2.05) is 0 Å². The van der Waals surface area contributed by atoms with Crippen LogP contribution >= 0.6 is 27.5 Å². The second kappa shape index (κ2) is 5.22. The number of halogens is 2. The quantitative estimate of drug-likeness (QED) is 0.801. The summed E-state index contributed by atoms with van der Waals surface area (Å²) in [4.78, 5) is 0. The summed E-state index contributed by atoms with van der Waals surface area (Å²) in [5, 5.41) is 9.55. The van der Waals surface area contributed by atoms with Gasteiger partial charge in [-0.3, -0.25) is 0 Å². The Morgan fingerprint density at radius 3 is 2.35 bits per heavy atom. The van der Waals surface area contributed by atoms with Crippen molar-refractivity contribution in [2.24, 2.45) is 0 Å². The summed E-state index contributed by atoms with van der Waals surface area (Å²) >= 11 is 9.07. The molecule has 0 saturated carbocycles. The van der Waals surface area contributed by atoms with Gasteiger partial charge in [0.2, 0.25) is 0 Å². The second-order valence-electron chi connectivity index (χ2n) is 3.31. The average molecular weight is 309 g/mol. The van der Waals surface area contributed by atoms with E-state index in [0.29, 0.717) is 22.1 Å². The molecule has 0 aliphatic rings. The van der Waals surface area contributed by atoms with Gasteiger partial charge in [0, 0.05) is 9.50 Å². The third-order valence-electron chi connectivity index (χ3n) is 2.11. The van der Waals surface area contributed by atoms with Crippen LogP contribution in [0.1, 0.15) is 5.56 Å². The van der Waals surface area contributed by atoms with Crippen LogP contribution in [0, 0.1) is 11.3 Å². The Hall–Kier alpha value is -1.50. The fraction of sp³-hybridized carbons (Fsp3) is 0. The van der Waals surface area contributed by atoms with Gasteiger partial charge >= 0.3 is 0 Å². The van der Waals surface area contributed by atoms with Gasteiger partial charge in [-0.1, -0.05) is 11.6 Å². The highest BCUT2D eigenvalue weighted by molar-refractivity contribution is 9.10. The van der Waals surface area contributed by atoms with Crippen LogP contribution in [-0.2, 0) is 0 Å². The summed E-state index contributed by atoms with van der Waals surface area (Å²) in [5.74, 6) is 1.30. The Bertz CT molecular complexity index is 575. The molecule has 0 aromatic heterocycles. The number of rotatable bonds is 2. The van der Waals surface area contributed by atoms with Gasteiger partial charge in [-0.25, -0.2) is 0 Å². The molecule has 2 rings (SSSR count). The minimum Gasteiger partial charge on any atom is -0.457 e. The van der Waals surface area contributed by atoms with Crippen LogP contribution in [0.2, 0.25) is 5.02 Å². The first kappa shape index (κ1) is 12.0. The van der Waals surface area contributed by atoms with Crippen molar-refractivity contribution in [3.05, 3.63) is 57.5 Å². The van der Waals surface area contributed by atoms with Crippen molar-refractivity contribution in [3.63, 3.8) is 0 Å². The Morgan fingerprint density at radius 2 is 1.71 bits per heavy atom. The largest absolute Gasteiger partial charge is 0.457 e. The second-order valence-corrected chi connectivity index (χ2v) is 4.60. The third kappa shape index (κ3) is 3.00. The summed E-state index contributed by atoms with van der Waals surface area (Å²) in [6, 6.07) is 14.4. The molecule has 0 heterocycles. The molecule has 0 atom stereocenters. The van der Waals surface area contributed by atoms with E-state index in [4.69, 9.17) is 21.6 Å². The van der Waals surface area contributed by atoms with E-state index in [1.54, 1.807) is 42.5 Å². The van der Waals surface area contributed by atoms with Crippen molar-refractivity contribution in [3.8, 4) is 17.6 Å². The summed E-state index contributed by atoms with van der Waals surface area (Å²) in [5.41, 5.74) is 0.538. The van der Waals surface area contributed by atoms with Crippen LogP contribution in [-0.4, -0.2) is 0 Å². The molecule has 0 aliphatic carbocycles. The topological polar surface area (TPSA) is 33.0 Å². The van der Waals surface area contributed by atoms with Crippen molar-refractivity contribution in [2.45, 2.75) is 0 Å². The van der Waals surface area contributed by atoms with E-state index in [9.17, 15) is 0 Å². The Balaban J connectivity index is 2.25. The highest BCUT2D eigenvalue weighted by Gasteiger charge is 2.02. The Morgan fingerprint density at radius 1 is 1.06 bits per heavy atom. The molecule has 0 amide bonds. The zero-order valence-electron chi connectivity index (χ0n) is 8.65. The summed E-state index contributed by atoms with van der Waals surface area (Å²) < 4.78 is 6.35. The minimum absolute atomic E-state index is 0.538. The minimum atomic E-state index is 0.538. The average Bonchev–Trinajstić information content (AvgIpc) is 2.34. The van der Waals surface area contributed by atoms with Crippen molar-refractivity contribution >= 4 is 27.5 Å². The zero-order chi connectivity index (χ0) is 12.3. The molecule has 0 fully saturated rings. The Labute approximate surface area is 113 Å². The molecule has 2 aromatic carbocycles. The predicted octanol–water partition coefficient (Wildman–Crippen LogP) is 4.77. The molecule has 4 heteroatoms. The van der Waals surface area contributed by atoms with Gasteiger partial charge in [-0.05, 0) is 58.4 Å². The van der Waals surface area contributed by atoms with Gasteiger partial charge in [0.25, 0.3) is 0 Å². The van der Waals surface area contributed by atoms with E-state index in [1.165, 1.54) is 0 Å². The third-order valence-corrected chi connectivity index (χ3v) is 3.05. The van der Waals surface area contributed by atoms with Crippen LogP contribution in [0.4, 0.5) is 0 Å². The molecule has 0 unspecified atom stereocenters. The van der Waals surface area contributed by atoms with Crippen LogP contribution in [0.3, 0.4) is 0 Å². The monoisotopic (exact) mass is 307 g/mol. The van der Waals surface area contributed by atoms with E-state index in [2.05, 4.69) is 22.0 Å². The van der Waals surface area contributed by atoms with Gasteiger partial charge in [0.15, 0.2) is 0 Å². The van der Waals surface area contributed by atoms with Crippen LogP contribution in [0.5, 0.6) is 11.5 Å². The zero-order valence-corrected chi connectivity index (χ0v) is 11.0. The highest BCUT2D eigenvalue weighted by atomic mass is 79.9. The fourth-order valence-corrected chi connectivity index (χ4v) is 1.75. The SMILES string of the molecule is N#Cc1cc(Oc2ccc(Cl)cc2)ccc1Br. The summed E-state index contributed by atoms with van der Waals surface area (Å²) in [6.07, 6.45) is 0. The number of ether oxygens (including phenoxy) is 1. The smallest absolute Gasteiger partial charge is 0.128 e. The maximum absolute atomic E-state index is 8.89.